The Hall–Kier alpha value is -0.270. The first-order valence-corrected chi connectivity index (χ1v) is 6.42. The number of hydrogen-bond donors (Lipinski definition) is 2. The third kappa shape index (κ3) is 3.66. The number of alkyl halides is 2. The highest BCUT2D eigenvalue weighted by Crippen LogP contribution is 2.34. The summed E-state index contributed by atoms with van der Waals surface area (Å²) in [5, 5.41) is 0. The first-order chi connectivity index (χ1) is 6.72. The van der Waals surface area contributed by atoms with E-state index < -0.39 is 27.8 Å². The zero-order chi connectivity index (χ0) is 11.7. The Labute approximate surface area is 87.6 Å². The van der Waals surface area contributed by atoms with Crippen molar-refractivity contribution in [2.45, 2.75) is 37.6 Å². The van der Waals surface area contributed by atoms with Crippen molar-refractivity contribution in [2.24, 2.45) is 11.7 Å². The third-order valence-electron chi connectivity index (χ3n) is 2.77. The van der Waals surface area contributed by atoms with E-state index in [1.165, 1.54) is 0 Å². The largest absolute Gasteiger partial charge is 0.322 e. The minimum Gasteiger partial charge on any atom is -0.322 e. The van der Waals surface area contributed by atoms with E-state index >= 15 is 0 Å². The molecule has 0 spiro atoms. The van der Waals surface area contributed by atoms with Crippen molar-refractivity contribution in [2.75, 3.05) is 5.75 Å². The van der Waals surface area contributed by atoms with Gasteiger partial charge in [0.05, 0.1) is 6.04 Å². The van der Waals surface area contributed by atoms with Crippen LogP contribution in [0.3, 0.4) is 0 Å². The summed E-state index contributed by atoms with van der Waals surface area (Å²) in [6, 6.07) is -1.48. The second-order valence-corrected chi connectivity index (χ2v) is 5.51. The summed E-state index contributed by atoms with van der Waals surface area (Å²) < 4.78 is 55.8. The zero-order valence-corrected chi connectivity index (χ0v) is 9.01. The van der Waals surface area contributed by atoms with Crippen LogP contribution in [0.4, 0.5) is 8.78 Å². The van der Waals surface area contributed by atoms with Crippen molar-refractivity contribution >= 4 is 10.1 Å². The summed E-state index contributed by atoms with van der Waals surface area (Å²) >= 11 is 0. The van der Waals surface area contributed by atoms with Crippen LogP contribution in [0.15, 0.2) is 0 Å². The molecule has 3 N–H and O–H groups in total. The summed E-state index contributed by atoms with van der Waals surface area (Å²) in [5.41, 5.74) is 5.34. The minimum atomic E-state index is -4.69. The lowest BCUT2D eigenvalue weighted by Crippen LogP contribution is -2.49. The highest BCUT2D eigenvalue weighted by molar-refractivity contribution is 7.85. The van der Waals surface area contributed by atoms with E-state index in [0.717, 1.165) is 12.8 Å². The predicted octanol–water partition coefficient (Wildman–Crippen LogP) is 1.03. The quantitative estimate of drug-likeness (QED) is 0.722. The molecule has 1 unspecified atom stereocenters. The van der Waals surface area contributed by atoms with Gasteiger partial charge in [0.15, 0.2) is 0 Å². The molecule has 1 atom stereocenters. The Morgan fingerprint density at radius 1 is 1.40 bits per heavy atom. The fraction of sp³-hybridized carbons (Fsp3) is 1.00. The van der Waals surface area contributed by atoms with Crippen molar-refractivity contribution in [3.8, 4) is 0 Å². The summed E-state index contributed by atoms with van der Waals surface area (Å²) in [4.78, 5) is 0. The maximum Gasteiger partial charge on any atom is 0.279 e. The van der Waals surface area contributed by atoms with Gasteiger partial charge in [-0.1, -0.05) is 12.8 Å². The highest BCUT2D eigenvalue weighted by Gasteiger charge is 2.45. The zero-order valence-electron chi connectivity index (χ0n) is 8.20. The molecule has 0 heterocycles. The van der Waals surface area contributed by atoms with Crippen LogP contribution < -0.4 is 5.73 Å². The average molecular weight is 243 g/mol. The fourth-order valence-electron chi connectivity index (χ4n) is 2.00. The van der Waals surface area contributed by atoms with Gasteiger partial charge in [-0.15, -0.1) is 0 Å². The predicted molar refractivity (Wildman–Crippen MR) is 51.3 cm³/mol. The van der Waals surface area contributed by atoms with E-state index in [1.54, 1.807) is 0 Å². The molecule has 15 heavy (non-hydrogen) atoms. The standard InChI is InChI=1S/C8H15F2NO3S/c9-8(10,5-15(12,13)14)7(11)6-3-1-2-4-6/h6-7H,1-5,11H2,(H,12,13,14). The van der Waals surface area contributed by atoms with Gasteiger partial charge >= 0.3 is 0 Å². The van der Waals surface area contributed by atoms with Gasteiger partial charge in [0, 0.05) is 0 Å². The molecule has 1 rings (SSSR count). The minimum absolute atomic E-state index is 0.346. The molecule has 0 aromatic rings. The molecule has 0 bridgehead atoms. The van der Waals surface area contributed by atoms with E-state index in [2.05, 4.69) is 0 Å². The van der Waals surface area contributed by atoms with Gasteiger partial charge < -0.3 is 5.73 Å². The van der Waals surface area contributed by atoms with E-state index in [1.807, 2.05) is 0 Å². The van der Waals surface area contributed by atoms with Gasteiger partial charge in [-0.3, -0.25) is 4.55 Å². The second kappa shape index (κ2) is 4.31. The van der Waals surface area contributed by atoms with Crippen molar-refractivity contribution in [1.82, 2.24) is 0 Å². The lowest BCUT2D eigenvalue weighted by Gasteiger charge is -2.27. The van der Waals surface area contributed by atoms with E-state index in [-0.39, 0.29) is 5.92 Å². The molecule has 0 saturated heterocycles. The fourth-order valence-corrected chi connectivity index (χ4v) is 2.68. The summed E-state index contributed by atoms with van der Waals surface area (Å²) in [6.45, 7) is 0. The Bertz CT molecular complexity index is 312. The number of nitrogens with two attached hydrogens (primary N) is 1. The lowest BCUT2D eigenvalue weighted by molar-refractivity contribution is -0.0211. The summed E-state index contributed by atoms with van der Waals surface area (Å²) in [6.07, 6.45) is 2.89. The summed E-state index contributed by atoms with van der Waals surface area (Å²) in [7, 11) is -4.69. The van der Waals surface area contributed by atoms with Crippen molar-refractivity contribution in [3.63, 3.8) is 0 Å². The van der Waals surface area contributed by atoms with E-state index in [0.29, 0.717) is 12.8 Å². The summed E-state index contributed by atoms with van der Waals surface area (Å²) in [5.74, 6) is -5.48. The molecule has 4 nitrogen and oxygen atoms in total. The number of halogens is 2. The van der Waals surface area contributed by atoms with Crippen LogP contribution in [0, 0.1) is 5.92 Å². The lowest BCUT2D eigenvalue weighted by atomic mass is 9.94. The van der Waals surface area contributed by atoms with Gasteiger partial charge in [-0.25, -0.2) is 8.78 Å². The van der Waals surface area contributed by atoms with Crippen LogP contribution in [0.5, 0.6) is 0 Å². The SMILES string of the molecule is NC(C1CCCC1)C(F)(F)CS(=O)(=O)O. The van der Waals surface area contributed by atoms with Gasteiger partial charge in [0.2, 0.25) is 0 Å². The van der Waals surface area contributed by atoms with Crippen LogP contribution in [-0.2, 0) is 10.1 Å². The van der Waals surface area contributed by atoms with Crippen LogP contribution in [0.25, 0.3) is 0 Å². The molecule has 1 saturated carbocycles. The number of hydrogen-bond acceptors (Lipinski definition) is 3. The van der Waals surface area contributed by atoms with Gasteiger partial charge in [-0.05, 0) is 18.8 Å². The van der Waals surface area contributed by atoms with Crippen LogP contribution in [0.2, 0.25) is 0 Å². The second-order valence-electron chi connectivity index (χ2n) is 4.06. The molecular weight excluding hydrogens is 228 g/mol. The molecule has 0 aliphatic heterocycles. The van der Waals surface area contributed by atoms with Gasteiger partial charge in [0.1, 0.15) is 5.75 Å². The first kappa shape index (κ1) is 12.8. The number of rotatable bonds is 4. The smallest absolute Gasteiger partial charge is 0.279 e. The maximum absolute atomic E-state index is 13.3. The van der Waals surface area contributed by atoms with Gasteiger partial charge in [-0.2, -0.15) is 8.42 Å². The Morgan fingerprint density at radius 3 is 2.27 bits per heavy atom. The molecule has 7 heteroatoms. The van der Waals surface area contributed by atoms with Gasteiger partial charge in [0.25, 0.3) is 16.0 Å². The molecule has 1 aliphatic rings. The molecule has 90 valence electrons. The average Bonchev–Trinajstić information content (AvgIpc) is 2.49. The third-order valence-corrected chi connectivity index (χ3v) is 3.52. The molecule has 1 fully saturated rings. The molecule has 0 radical (unpaired) electrons. The monoisotopic (exact) mass is 243 g/mol. The molecule has 0 aromatic carbocycles. The Kier molecular flexibility index (Phi) is 3.67. The molecule has 1 aliphatic carbocycles. The molecular formula is C8H15F2NO3S. The van der Waals surface area contributed by atoms with Crippen LogP contribution in [-0.4, -0.2) is 30.7 Å². The van der Waals surface area contributed by atoms with Crippen LogP contribution in [0.1, 0.15) is 25.7 Å². The Morgan fingerprint density at radius 2 is 1.87 bits per heavy atom. The van der Waals surface area contributed by atoms with Crippen molar-refractivity contribution in [1.29, 1.82) is 0 Å². The van der Waals surface area contributed by atoms with E-state index in [4.69, 9.17) is 10.3 Å². The van der Waals surface area contributed by atoms with Crippen LogP contribution >= 0.6 is 0 Å². The first-order valence-electron chi connectivity index (χ1n) is 4.81. The molecule has 0 aromatic heterocycles. The topological polar surface area (TPSA) is 80.4 Å². The Balaban J connectivity index is 2.67. The van der Waals surface area contributed by atoms with Crippen molar-refractivity contribution in [3.05, 3.63) is 0 Å². The highest BCUT2D eigenvalue weighted by atomic mass is 32.2. The van der Waals surface area contributed by atoms with E-state index in [9.17, 15) is 17.2 Å². The van der Waals surface area contributed by atoms with Crippen molar-refractivity contribution < 1.29 is 21.8 Å². The molecule has 0 amide bonds. The normalized spacial score (nSPS) is 21.9. The maximum atomic E-state index is 13.3.